The molecule has 0 saturated carbocycles. The molecule has 0 heterocycles. The normalized spacial score (nSPS) is 11.8. The molecule has 0 saturated heterocycles. The van der Waals surface area contributed by atoms with Gasteiger partial charge in [0.05, 0.1) is 18.2 Å². The SMILES string of the molecule is CO[C@@H](c1ccc(CO)cc1)c1cccc(C#N)c1. The first-order valence-electron chi connectivity index (χ1n) is 6.01. The number of nitrogens with zero attached hydrogens (tertiary/aromatic N) is 1. The predicted molar refractivity (Wildman–Crippen MR) is 72.4 cm³/mol. The molecule has 0 radical (unpaired) electrons. The second kappa shape index (κ2) is 6.14. The van der Waals surface area contributed by atoms with Crippen LogP contribution in [0.2, 0.25) is 0 Å². The van der Waals surface area contributed by atoms with Gasteiger partial charge < -0.3 is 9.84 Å². The summed E-state index contributed by atoms with van der Waals surface area (Å²) < 4.78 is 5.52. The third kappa shape index (κ3) is 3.00. The number of rotatable bonds is 4. The quantitative estimate of drug-likeness (QED) is 0.911. The Hall–Kier alpha value is -2.15. The summed E-state index contributed by atoms with van der Waals surface area (Å²) in [6.45, 7) is 0.0296. The molecular formula is C16H15NO2. The van der Waals surface area contributed by atoms with Gasteiger partial charge in [-0.15, -0.1) is 0 Å². The summed E-state index contributed by atoms with van der Waals surface area (Å²) in [6.07, 6.45) is -0.207. The van der Waals surface area contributed by atoms with E-state index in [1.165, 1.54) is 0 Å². The summed E-state index contributed by atoms with van der Waals surface area (Å²) in [7, 11) is 1.64. The number of hydrogen-bond donors (Lipinski definition) is 1. The Labute approximate surface area is 112 Å². The van der Waals surface area contributed by atoms with Crippen LogP contribution in [0.25, 0.3) is 0 Å². The molecular weight excluding hydrogens is 238 g/mol. The van der Waals surface area contributed by atoms with Crippen LogP contribution in [0.5, 0.6) is 0 Å². The highest BCUT2D eigenvalue weighted by atomic mass is 16.5. The highest BCUT2D eigenvalue weighted by Gasteiger charge is 2.13. The van der Waals surface area contributed by atoms with E-state index in [0.717, 1.165) is 16.7 Å². The molecule has 0 fully saturated rings. The van der Waals surface area contributed by atoms with Crippen molar-refractivity contribution in [1.29, 1.82) is 5.26 Å². The molecule has 3 heteroatoms. The van der Waals surface area contributed by atoms with Crippen molar-refractivity contribution in [1.82, 2.24) is 0 Å². The van der Waals surface area contributed by atoms with Crippen LogP contribution in [-0.4, -0.2) is 12.2 Å². The molecule has 0 amide bonds. The molecule has 0 aliphatic rings. The van der Waals surface area contributed by atoms with Gasteiger partial charge in [0, 0.05) is 7.11 Å². The zero-order valence-electron chi connectivity index (χ0n) is 10.7. The van der Waals surface area contributed by atoms with E-state index in [1.54, 1.807) is 13.2 Å². The highest BCUT2D eigenvalue weighted by molar-refractivity contribution is 5.38. The van der Waals surface area contributed by atoms with Crippen molar-refractivity contribution in [3.05, 3.63) is 70.8 Å². The first-order valence-corrected chi connectivity index (χ1v) is 6.01. The number of aliphatic hydroxyl groups is 1. The summed E-state index contributed by atoms with van der Waals surface area (Å²) in [5, 5.41) is 18.0. The van der Waals surface area contributed by atoms with Crippen molar-refractivity contribution in [2.24, 2.45) is 0 Å². The van der Waals surface area contributed by atoms with Crippen LogP contribution in [-0.2, 0) is 11.3 Å². The van der Waals surface area contributed by atoms with Crippen LogP contribution < -0.4 is 0 Å². The van der Waals surface area contributed by atoms with Gasteiger partial charge >= 0.3 is 0 Å². The lowest BCUT2D eigenvalue weighted by molar-refractivity contribution is 0.136. The van der Waals surface area contributed by atoms with Crippen molar-refractivity contribution < 1.29 is 9.84 Å². The van der Waals surface area contributed by atoms with E-state index in [1.807, 2.05) is 42.5 Å². The Bertz CT molecular complexity index is 584. The van der Waals surface area contributed by atoms with Crippen molar-refractivity contribution in [3.8, 4) is 6.07 Å². The first-order chi connectivity index (χ1) is 9.28. The van der Waals surface area contributed by atoms with E-state index in [-0.39, 0.29) is 12.7 Å². The summed E-state index contributed by atoms with van der Waals surface area (Å²) in [5.74, 6) is 0. The maximum absolute atomic E-state index is 9.04. The van der Waals surface area contributed by atoms with Gasteiger partial charge in [0.1, 0.15) is 6.10 Å². The molecule has 2 aromatic carbocycles. The minimum atomic E-state index is -0.207. The Morgan fingerprint density at radius 2 is 1.89 bits per heavy atom. The zero-order chi connectivity index (χ0) is 13.7. The minimum absolute atomic E-state index is 0.0296. The summed E-state index contributed by atoms with van der Waals surface area (Å²) in [4.78, 5) is 0. The fourth-order valence-electron chi connectivity index (χ4n) is 2.03. The van der Waals surface area contributed by atoms with Crippen LogP contribution in [0, 0.1) is 11.3 Å². The predicted octanol–water partition coefficient (Wildman–Crippen LogP) is 2.79. The lowest BCUT2D eigenvalue weighted by atomic mass is 9.99. The molecule has 2 rings (SSSR count). The lowest BCUT2D eigenvalue weighted by Gasteiger charge is -2.16. The zero-order valence-corrected chi connectivity index (χ0v) is 10.7. The smallest absolute Gasteiger partial charge is 0.107 e. The topological polar surface area (TPSA) is 53.2 Å². The Balaban J connectivity index is 2.35. The average Bonchev–Trinajstić information content (AvgIpc) is 2.49. The van der Waals surface area contributed by atoms with Crippen LogP contribution in [0.4, 0.5) is 0 Å². The molecule has 1 atom stereocenters. The van der Waals surface area contributed by atoms with Crippen LogP contribution in [0.3, 0.4) is 0 Å². The molecule has 2 aromatic rings. The van der Waals surface area contributed by atoms with E-state index >= 15 is 0 Å². The number of aliphatic hydroxyl groups excluding tert-OH is 1. The third-order valence-electron chi connectivity index (χ3n) is 3.02. The second-order valence-corrected chi connectivity index (χ2v) is 4.25. The summed E-state index contributed by atoms with van der Waals surface area (Å²) in [6, 6.07) is 17.1. The molecule has 96 valence electrons. The minimum Gasteiger partial charge on any atom is -0.392 e. The van der Waals surface area contributed by atoms with Gasteiger partial charge in [0.15, 0.2) is 0 Å². The second-order valence-electron chi connectivity index (χ2n) is 4.25. The molecule has 19 heavy (non-hydrogen) atoms. The van der Waals surface area contributed by atoms with Gasteiger partial charge in [-0.25, -0.2) is 0 Å². The maximum Gasteiger partial charge on any atom is 0.107 e. The lowest BCUT2D eigenvalue weighted by Crippen LogP contribution is -2.04. The molecule has 0 bridgehead atoms. The standard InChI is InChI=1S/C16H15NO2/c1-19-16(14-7-5-12(11-18)6-8-14)15-4-2-3-13(9-15)10-17/h2-9,16,18H,11H2,1H3/t16-/m0/s1. The van der Waals surface area contributed by atoms with Gasteiger partial charge in [-0.05, 0) is 28.8 Å². The van der Waals surface area contributed by atoms with E-state index in [4.69, 9.17) is 15.1 Å². The van der Waals surface area contributed by atoms with Crippen LogP contribution in [0.1, 0.15) is 28.4 Å². The van der Waals surface area contributed by atoms with Crippen molar-refractivity contribution in [2.75, 3.05) is 7.11 Å². The Kier molecular flexibility index (Phi) is 4.30. The number of hydrogen-bond acceptors (Lipinski definition) is 3. The Morgan fingerprint density at radius 3 is 2.47 bits per heavy atom. The van der Waals surface area contributed by atoms with Gasteiger partial charge in [-0.2, -0.15) is 5.26 Å². The number of ether oxygens (including phenoxy) is 1. The molecule has 0 aromatic heterocycles. The number of benzene rings is 2. The summed E-state index contributed by atoms with van der Waals surface area (Å²) in [5.41, 5.74) is 3.42. The van der Waals surface area contributed by atoms with E-state index in [0.29, 0.717) is 5.56 Å². The fourth-order valence-corrected chi connectivity index (χ4v) is 2.03. The first kappa shape index (κ1) is 13.3. The van der Waals surface area contributed by atoms with Crippen molar-refractivity contribution in [3.63, 3.8) is 0 Å². The van der Waals surface area contributed by atoms with E-state index < -0.39 is 0 Å². The van der Waals surface area contributed by atoms with E-state index in [2.05, 4.69) is 6.07 Å². The van der Waals surface area contributed by atoms with Crippen LogP contribution in [0.15, 0.2) is 48.5 Å². The fraction of sp³-hybridized carbons (Fsp3) is 0.188. The third-order valence-corrected chi connectivity index (χ3v) is 3.02. The monoisotopic (exact) mass is 253 g/mol. The van der Waals surface area contributed by atoms with Gasteiger partial charge in [-0.3, -0.25) is 0 Å². The molecule has 1 N–H and O–H groups in total. The molecule has 0 spiro atoms. The van der Waals surface area contributed by atoms with Gasteiger partial charge in [0.25, 0.3) is 0 Å². The highest BCUT2D eigenvalue weighted by Crippen LogP contribution is 2.26. The number of nitriles is 1. The van der Waals surface area contributed by atoms with Gasteiger partial charge in [-0.1, -0.05) is 36.4 Å². The largest absolute Gasteiger partial charge is 0.392 e. The molecule has 0 aliphatic heterocycles. The summed E-state index contributed by atoms with van der Waals surface area (Å²) >= 11 is 0. The van der Waals surface area contributed by atoms with Gasteiger partial charge in [0.2, 0.25) is 0 Å². The van der Waals surface area contributed by atoms with E-state index in [9.17, 15) is 0 Å². The van der Waals surface area contributed by atoms with Crippen molar-refractivity contribution >= 4 is 0 Å². The maximum atomic E-state index is 9.04. The average molecular weight is 253 g/mol. The molecule has 3 nitrogen and oxygen atoms in total. The molecule has 0 unspecified atom stereocenters. The molecule has 0 aliphatic carbocycles. The Morgan fingerprint density at radius 1 is 1.16 bits per heavy atom. The number of methoxy groups -OCH3 is 1. The van der Waals surface area contributed by atoms with Crippen LogP contribution >= 0.6 is 0 Å². The van der Waals surface area contributed by atoms with Crippen molar-refractivity contribution in [2.45, 2.75) is 12.7 Å².